The lowest BCUT2D eigenvalue weighted by atomic mass is 9.88. The maximum Gasteiger partial charge on any atom is 0.243 e. The monoisotopic (exact) mass is 451 g/mol. The number of sulfonamides is 1. The van der Waals surface area contributed by atoms with Crippen LogP contribution in [0.3, 0.4) is 0 Å². The van der Waals surface area contributed by atoms with E-state index in [-0.39, 0.29) is 11.4 Å². The fourth-order valence-electron chi connectivity index (χ4n) is 4.47. The number of piperidine rings is 1. The number of benzene rings is 1. The number of carbonyl (C=O) groups is 1. The van der Waals surface area contributed by atoms with Crippen LogP contribution in [0.5, 0.6) is 0 Å². The Morgan fingerprint density at radius 1 is 1.10 bits per heavy atom. The van der Waals surface area contributed by atoms with Gasteiger partial charge in [0.1, 0.15) is 0 Å². The molecule has 0 radical (unpaired) electrons. The molecule has 0 aliphatic carbocycles. The molecule has 1 aliphatic heterocycles. The van der Waals surface area contributed by atoms with Gasteiger partial charge in [-0.3, -0.25) is 9.69 Å². The lowest BCUT2D eigenvalue weighted by molar-refractivity contribution is -0.121. The third-order valence-electron chi connectivity index (χ3n) is 6.35. The largest absolute Gasteiger partial charge is 0.354 e. The third-order valence-corrected chi connectivity index (χ3v) is 8.41. The van der Waals surface area contributed by atoms with Crippen LogP contribution in [0, 0.1) is 11.8 Å². The maximum atomic E-state index is 12.6. The molecule has 2 atom stereocenters. The van der Waals surface area contributed by atoms with Crippen molar-refractivity contribution in [1.82, 2.24) is 14.5 Å². The summed E-state index contributed by atoms with van der Waals surface area (Å²) in [6.07, 6.45) is 2.26. The van der Waals surface area contributed by atoms with Gasteiger partial charge in [-0.05, 0) is 56.2 Å². The van der Waals surface area contributed by atoms with E-state index < -0.39 is 10.0 Å². The van der Waals surface area contributed by atoms with Gasteiger partial charge in [0.05, 0.1) is 4.90 Å². The third kappa shape index (κ3) is 7.02. The Morgan fingerprint density at radius 2 is 1.65 bits per heavy atom. The molecule has 2 rings (SSSR count). The van der Waals surface area contributed by atoms with Crippen molar-refractivity contribution in [1.29, 1.82) is 0 Å². The average molecular weight is 452 g/mol. The maximum absolute atomic E-state index is 12.6. The van der Waals surface area contributed by atoms with Crippen LogP contribution in [-0.4, -0.2) is 61.8 Å². The first-order chi connectivity index (χ1) is 14.5. The minimum Gasteiger partial charge on any atom is -0.354 e. The van der Waals surface area contributed by atoms with Crippen LogP contribution in [0.25, 0.3) is 0 Å². The molecule has 6 nitrogen and oxygen atoms in total. The predicted octanol–water partition coefficient (Wildman–Crippen LogP) is 3.52. The van der Waals surface area contributed by atoms with Gasteiger partial charge in [-0.2, -0.15) is 4.31 Å². The Kier molecular flexibility index (Phi) is 9.10. The summed E-state index contributed by atoms with van der Waals surface area (Å²) in [6.45, 7) is 16.4. The van der Waals surface area contributed by atoms with E-state index in [4.69, 9.17) is 0 Å². The van der Waals surface area contributed by atoms with Crippen LogP contribution in [0.15, 0.2) is 29.2 Å². The van der Waals surface area contributed by atoms with Gasteiger partial charge in [-0.15, -0.1) is 0 Å². The molecule has 31 heavy (non-hydrogen) atoms. The van der Waals surface area contributed by atoms with Gasteiger partial charge in [0.2, 0.25) is 15.9 Å². The summed E-state index contributed by atoms with van der Waals surface area (Å²) in [5.74, 6) is 1.41. The molecule has 1 saturated heterocycles. The summed E-state index contributed by atoms with van der Waals surface area (Å²) in [5, 5.41) is 3.10. The zero-order chi connectivity index (χ0) is 23.2. The van der Waals surface area contributed by atoms with Crippen LogP contribution in [0.4, 0.5) is 0 Å². The minimum atomic E-state index is -3.44. The molecule has 0 saturated carbocycles. The summed E-state index contributed by atoms with van der Waals surface area (Å²) in [4.78, 5) is 15.2. The van der Waals surface area contributed by atoms with Gasteiger partial charge in [-0.1, -0.05) is 39.8 Å². The van der Waals surface area contributed by atoms with Gasteiger partial charge >= 0.3 is 0 Å². The Labute approximate surface area is 189 Å². The Hall–Kier alpha value is -1.44. The highest BCUT2D eigenvalue weighted by Gasteiger charge is 2.32. The Bertz CT molecular complexity index is 807. The molecule has 176 valence electrons. The number of rotatable bonds is 10. The number of carbonyl (C=O) groups excluding carboxylic acids is 1. The number of aryl methyl sites for hydroxylation is 1. The molecule has 2 unspecified atom stereocenters. The fraction of sp³-hybridized carbons (Fsp3) is 0.708. The van der Waals surface area contributed by atoms with Gasteiger partial charge in [0.25, 0.3) is 0 Å². The lowest BCUT2D eigenvalue weighted by Crippen LogP contribution is -2.56. The molecule has 1 aromatic rings. The normalized spacial score (nSPS) is 20.7. The van der Waals surface area contributed by atoms with E-state index in [0.29, 0.717) is 49.2 Å². The average Bonchev–Trinajstić information content (AvgIpc) is 2.71. The second kappa shape index (κ2) is 10.9. The number of hydrogen-bond acceptors (Lipinski definition) is 4. The van der Waals surface area contributed by atoms with Crippen molar-refractivity contribution in [3.05, 3.63) is 29.8 Å². The van der Waals surface area contributed by atoms with E-state index >= 15 is 0 Å². The standard InChI is InChI=1S/C24H41N3O3S/c1-7-27(8-2)31(29,30)22-12-9-21(10-13-22)11-14-23(28)25-18-24(5,6)26-16-19(3)15-20(4)17-26/h9-10,12-13,19-20H,7-8,11,14-18H2,1-6H3,(H,25,28). The van der Waals surface area contributed by atoms with Gasteiger partial charge in [0.15, 0.2) is 0 Å². The molecule has 0 bridgehead atoms. The van der Waals surface area contributed by atoms with Crippen LogP contribution < -0.4 is 5.32 Å². The van der Waals surface area contributed by atoms with Crippen molar-refractivity contribution >= 4 is 15.9 Å². The second-order valence-corrected chi connectivity index (χ2v) is 11.6. The molecule has 1 heterocycles. The molecule has 7 heteroatoms. The summed E-state index contributed by atoms with van der Waals surface area (Å²) in [6, 6.07) is 6.90. The quantitative estimate of drug-likeness (QED) is 0.591. The molecular weight excluding hydrogens is 410 g/mol. The van der Waals surface area contributed by atoms with Gasteiger partial charge in [-0.25, -0.2) is 8.42 Å². The number of amides is 1. The summed E-state index contributed by atoms with van der Waals surface area (Å²) >= 11 is 0. The van der Waals surface area contributed by atoms with E-state index in [1.54, 1.807) is 12.1 Å². The van der Waals surface area contributed by atoms with Crippen molar-refractivity contribution in [3.8, 4) is 0 Å². The first-order valence-corrected chi connectivity index (χ1v) is 13.0. The predicted molar refractivity (Wildman–Crippen MR) is 126 cm³/mol. The molecule has 1 amide bonds. The Morgan fingerprint density at radius 3 is 2.16 bits per heavy atom. The second-order valence-electron chi connectivity index (χ2n) is 9.67. The van der Waals surface area contributed by atoms with Crippen molar-refractivity contribution in [2.24, 2.45) is 11.8 Å². The van der Waals surface area contributed by atoms with E-state index in [1.165, 1.54) is 10.7 Å². The van der Waals surface area contributed by atoms with Crippen LogP contribution in [-0.2, 0) is 21.2 Å². The van der Waals surface area contributed by atoms with Crippen LogP contribution in [0.2, 0.25) is 0 Å². The number of likely N-dealkylation sites (tertiary alicyclic amines) is 1. The minimum absolute atomic E-state index is 0.0334. The smallest absolute Gasteiger partial charge is 0.243 e. The van der Waals surface area contributed by atoms with E-state index in [0.717, 1.165) is 18.7 Å². The van der Waals surface area contributed by atoms with E-state index in [9.17, 15) is 13.2 Å². The number of hydrogen-bond donors (Lipinski definition) is 1. The van der Waals surface area contributed by atoms with Gasteiger partial charge in [0, 0.05) is 44.7 Å². The number of nitrogens with one attached hydrogen (secondary N) is 1. The molecule has 1 aliphatic rings. The summed E-state index contributed by atoms with van der Waals surface area (Å²) in [7, 11) is -3.44. The first-order valence-electron chi connectivity index (χ1n) is 11.6. The lowest BCUT2D eigenvalue weighted by Gasteiger charge is -2.45. The van der Waals surface area contributed by atoms with Crippen molar-refractivity contribution in [2.75, 3.05) is 32.7 Å². The van der Waals surface area contributed by atoms with Crippen molar-refractivity contribution < 1.29 is 13.2 Å². The van der Waals surface area contributed by atoms with Crippen LogP contribution in [0.1, 0.15) is 59.9 Å². The SMILES string of the molecule is CCN(CC)S(=O)(=O)c1ccc(CCC(=O)NCC(C)(C)N2CC(C)CC(C)C2)cc1. The zero-order valence-electron chi connectivity index (χ0n) is 20.1. The van der Waals surface area contributed by atoms with E-state index in [2.05, 4.69) is 37.9 Å². The zero-order valence-corrected chi connectivity index (χ0v) is 21.0. The molecule has 0 aromatic heterocycles. The highest BCUT2D eigenvalue weighted by molar-refractivity contribution is 7.89. The van der Waals surface area contributed by atoms with Crippen molar-refractivity contribution in [3.63, 3.8) is 0 Å². The summed E-state index contributed by atoms with van der Waals surface area (Å²) in [5.41, 5.74) is 0.894. The molecule has 1 fully saturated rings. The molecule has 1 N–H and O–H groups in total. The Balaban J connectivity index is 1.86. The molecule has 1 aromatic carbocycles. The van der Waals surface area contributed by atoms with Crippen molar-refractivity contribution in [2.45, 2.75) is 71.2 Å². The fourth-order valence-corrected chi connectivity index (χ4v) is 5.93. The van der Waals surface area contributed by atoms with Crippen LogP contribution >= 0.6 is 0 Å². The van der Waals surface area contributed by atoms with E-state index in [1.807, 2.05) is 26.0 Å². The first kappa shape index (κ1) is 25.8. The highest BCUT2D eigenvalue weighted by Crippen LogP contribution is 2.27. The summed E-state index contributed by atoms with van der Waals surface area (Å²) < 4.78 is 26.6. The molecule has 0 spiro atoms. The highest BCUT2D eigenvalue weighted by atomic mass is 32.2. The van der Waals surface area contributed by atoms with Gasteiger partial charge < -0.3 is 5.32 Å². The number of nitrogens with zero attached hydrogens (tertiary/aromatic N) is 2. The molecular formula is C24H41N3O3S. The topological polar surface area (TPSA) is 69.7 Å².